The van der Waals surface area contributed by atoms with E-state index in [0.717, 1.165) is 0 Å². The van der Waals surface area contributed by atoms with E-state index in [1.54, 1.807) is 0 Å². The standard InChI is InChI=1S/C8H8O8/c9-3-4-2(1-12-7(10)14-4)13-6-5(3)15-8(11)16-6/h2-6,9H,1H2/t2-,3+,4-,5-,6+/m1/s1. The second kappa shape index (κ2) is 3.22. The first-order valence-corrected chi connectivity index (χ1v) is 4.69. The fraction of sp³-hybridized carbons (Fsp3) is 0.750. The van der Waals surface area contributed by atoms with Crippen molar-refractivity contribution in [2.75, 3.05) is 6.61 Å². The monoisotopic (exact) mass is 232 g/mol. The van der Waals surface area contributed by atoms with Gasteiger partial charge in [0, 0.05) is 0 Å². The topological polar surface area (TPSA) is 101 Å². The van der Waals surface area contributed by atoms with E-state index in [0.29, 0.717) is 0 Å². The van der Waals surface area contributed by atoms with Gasteiger partial charge in [-0.05, 0) is 0 Å². The number of aliphatic hydroxyl groups is 1. The van der Waals surface area contributed by atoms with Crippen LogP contribution < -0.4 is 0 Å². The number of carbonyl (C=O) groups is 2. The van der Waals surface area contributed by atoms with Crippen LogP contribution in [0.4, 0.5) is 9.59 Å². The molecule has 5 atom stereocenters. The minimum Gasteiger partial charge on any atom is -0.431 e. The van der Waals surface area contributed by atoms with Gasteiger partial charge in [-0.2, -0.15) is 0 Å². The van der Waals surface area contributed by atoms with Crippen molar-refractivity contribution < 1.29 is 38.4 Å². The van der Waals surface area contributed by atoms with Crippen LogP contribution in [0.15, 0.2) is 0 Å². The Bertz CT molecular complexity index is 339. The van der Waals surface area contributed by atoms with Crippen LogP contribution in [0.1, 0.15) is 0 Å². The Morgan fingerprint density at radius 3 is 2.62 bits per heavy atom. The van der Waals surface area contributed by atoms with E-state index in [4.69, 9.17) is 14.2 Å². The average Bonchev–Trinajstić information content (AvgIpc) is 2.61. The molecule has 8 heteroatoms. The van der Waals surface area contributed by atoms with Crippen molar-refractivity contribution in [3.63, 3.8) is 0 Å². The normalized spacial score (nSPS) is 45.7. The van der Waals surface area contributed by atoms with Crippen LogP contribution in [0.25, 0.3) is 0 Å². The van der Waals surface area contributed by atoms with E-state index in [9.17, 15) is 14.7 Å². The zero-order valence-corrected chi connectivity index (χ0v) is 7.90. The van der Waals surface area contributed by atoms with E-state index in [1.165, 1.54) is 0 Å². The predicted molar refractivity (Wildman–Crippen MR) is 42.2 cm³/mol. The first-order chi connectivity index (χ1) is 7.65. The van der Waals surface area contributed by atoms with Crippen molar-refractivity contribution in [2.45, 2.75) is 30.7 Å². The molecule has 3 rings (SSSR count). The summed E-state index contributed by atoms with van der Waals surface area (Å²) >= 11 is 0. The maximum absolute atomic E-state index is 10.9. The Morgan fingerprint density at radius 2 is 1.81 bits per heavy atom. The van der Waals surface area contributed by atoms with Gasteiger partial charge in [-0.3, -0.25) is 0 Å². The summed E-state index contributed by atoms with van der Waals surface area (Å²) in [5, 5.41) is 9.84. The van der Waals surface area contributed by atoms with Gasteiger partial charge in [0.25, 0.3) is 0 Å². The largest absolute Gasteiger partial charge is 0.511 e. The summed E-state index contributed by atoms with van der Waals surface area (Å²) in [6, 6.07) is 0. The number of carbonyl (C=O) groups excluding carboxylic acids is 2. The number of cyclic esters (lactones) is 1. The van der Waals surface area contributed by atoms with Crippen LogP contribution in [-0.4, -0.2) is 54.7 Å². The highest BCUT2D eigenvalue weighted by Gasteiger charge is 2.56. The fourth-order valence-electron chi connectivity index (χ4n) is 1.92. The molecule has 3 fully saturated rings. The molecular weight excluding hydrogens is 224 g/mol. The second-order valence-corrected chi connectivity index (χ2v) is 3.63. The molecular formula is C8H8O8. The highest BCUT2D eigenvalue weighted by molar-refractivity contribution is 5.63. The molecule has 16 heavy (non-hydrogen) atoms. The van der Waals surface area contributed by atoms with Crippen molar-refractivity contribution in [3.05, 3.63) is 0 Å². The molecule has 3 saturated heterocycles. The molecule has 0 unspecified atom stereocenters. The van der Waals surface area contributed by atoms with Crippen molar-refractivity contribution >= 4 is 12.3 Å². The Labute approximate surface area is 89.0 Å². The molecule has 0 saturated carbocycles. The molecule has 0 amide bonds. The predicted octanol–water partition coefficient (Wildman–Crippen LogP) is -0.857. The number of fused-ring (bicyclic) bond motifs is 2. The van der Waals surface area contributed by atoms with Gasteiger partial charge in [-0.15, -0.1) is 0 Å². The molecule has 0 bridgehead atoms. The molecule has 1 N–H and O–H groups in total. The van der Waals surface area contributed by atoms with E-state index in [2.05, 4.69) is 9.47 Å². The smallest absolute Gasteiger partial charge is 0.431 e. The molecule has 0 aromatic carbocycles. The van der Waals surface area contributed by atoms with Gasteiger partial charge in [0.2, 0.25) is 6.29 Å². The van der Waals surface area contributed by atoms with Gasteiger partial charge in [0.05, 0.1) is 0 Å². The van der Waals surface area contributed by atoms with Crippen LogP contribution in [0.3, 0.4) is 0 Å². The van der Waals surface area contributed by atoms with Gasteiger partial charge < -0.3 is 28.8 Å². The number of ether oxygens (including phenoxy) is 5. The molecule has 0 aromatic heterocycles. The molecule has 0 radical (unpaired) electrons. The van der Waals surface area contributed by atoms with Crippen LogP contribution in [0, 0.1) is 0 Å². The quantitative estimate of drug-likeness (QED) is 0.538. The third kappa shape index (κ3) is 1.30. The molecule has 0 aliphatic carbocycles. The molecule has 3 aliphatic rings. The molecule has 3 aliphatic heterocycles. The van der Waals surface area contributed by atoms with Crippen LogP contribution in [0.2, 0.25) is 0 Å². The lowest BCUT2D eigenvalue weighted by atomic mass is 9.99. The lowest BCUT2D eigenvalue weighted by Crippen LogP contribution is -2.61. The number of rotatable bonds is 0. The van der Waals surface area contributed by atoms with Crippen molar-refractivity contribution in [1.29, 1.82) is 0 Å². The highest BCUT2D eigenvalue weighted by Crippen LogP contribution is 2.32. The molecule has 8 nitrogen and oxygen atoms in total. The van der Waals surface area contributed by atoms with Gasteiger partial charge in [-0.25, -0.2) is 9.59 Å². The summed E-state index contributed by atoms with van der Waals surface area (Å²) in [4.78, 5) is 21.7. The van der Waals surface area contributed by atoms with E-state index < -0.39 is 43.0 Å². The third-order valence-electron chi connectivity index (χ3n) is 2.66. The Kier molecular flexibility index (Phi) is 1.95. The Hall–Kier alpha value is -1.54. The zero-order chi connectivity index (χ0) is 11.3. The minimum absolute atomic E-state index is 0.0542. The number of hydrogen-bond donors (Lipinski definition) is 1. The zero-order valence-electron chi connectivity index (χ0n) is 7.90. The Balaban J connectivity index is 1.82. The third-order valence-corrected chi connectivity index (χ3v) is 2.66. The number of aliphatic hydroxyl groups excluding tert-OH is 1. The summed E-state index contributed by atoms with van der Waals surface area (Å²) in [6.07, 6.45) is -6.50. The average molecular weight is 232 g/mol. The van der Waals surface area contributed by atoms with Gasteiger partial charge in [0.1, 0.15) is 18.8 Å². The van der Waals surface area contributed by atoms with Gasteiger partial charge in [-0.1, -0.05) is 0 Å². The van der Waals surface area contributed by atoms with Crippen molar-refractivity contribution in [2.24, 2.45) is 0 Å². The van der Waals surface area contributed by atoms with E-state index >= 15 is 0 Å². The van der Waals surface area contributed by atoms with Gasteiger partial charge >= 0.3 is 12.3 Å². The maximum atomic E-state index is 10.9. The summed E-state index contributed by atoms with van der Waals surface area (Å²) < 4.78 is 24.0. The van der Waals surface area contributed by atoms with Crippen LogP contribution in [-0.2, 0) is 23.7 Å². The van der Waals surface area contributed by atoms with E-state index in [1.807, 2.05) is 0 Å². The molecule has 3 heterocycles. The van der Waals surface area contributed by atoms with Crippen LogP contribution in [0.5, 0.6) is 0 Å². The fourth-order valence-corrected chi connectivity index (χ4v) is 1.92. The lowest BCUT2D eigenvalue weighted by molar-refractivity contribution is -0.268. The summed E-state index contributed by atoms with van der Waals surface area (Å²) in [5.74, 6) is 0. The second-order valence-electron chi connectivity index (χ2n) is 3.63. The summed E-state index contributed by atoms with van der Waals surface area (Å²) in [5.41, 5.74) is 0. The van der Waals surface area contributed by atoms with Crippen molar-refractivity contribution in [3.8, 4) is 0 Å². The lowest BCUT2D eigenvalue weighted by Gasteiger charge is -2.40. The maximum Gasteiger partial charge on any atom is 0.511 e. The van der Waals surface area contributed by atoms with Gasteiger partial charge in [0.15, 0.2) is 12.2 Å². The highest BCUT2D eigenvalue weighted by atomic mass is 16.9. The first-order valence-electron chi connectivity index (χ1n) is 4.69. The summed E-state index contributed by atoms with van der Waals surface area (Å²) in [6.45, 7) is -0.0542. The van der Waals surface area contributed by atoms with Crippen LogP contribution >= 0.6 is 0 Å². The molecule has 88 valence electrons. The Morgan fingerprint density at radius 1 is 1.06 bits per heavy atom. The van der Waals surface area contributed by atoms with E-state index in [-0.39, 0.29) is 6.61 Å². The molecule has 0 aromatic rings. The number of hydrogen-bond acceptors (Lipinski definition) is 8. The minimum atomic E-state index is -1.18. The van der Waals surface area contributed by atoms with Crippen molar-refractivity contribution in [1.82, 2.24) is 0 Å². The SMILES string of the molecule is O=C1O[C@@H]2O[C@@H]3COC(=O)O[C@H]3[C@H](O)[C@H]2O1. The summed E-state index contributed by atoms with van der Waals surface area (Å²) in [7, 11) is 0. The molecule has 0 spiro atoms. The first kappa shape index (κ1) is 9.67.